The normalized spacial score (nSPS) is 11.0. The maximum absolute atomic E-state index is 12.6. The second kappa shape index (κ2) is 10.9. The Morgan fingerprint density at radius 3 is 2.53 bits per heavy atom. The lowest BCUT2D eigenvalue weighted by atomic mass is 10.1. The van der Waals surface area contributed by atoms with Crippen molar-refractivity contribution in [3.8, 4) is 17.6 Å². The lowest BCUT2D eigenvalue weighted by Crippen LogP contribution is -2.13. The van der Waals surface area contributed by atoms with E-state index in [9.17, 15) is 10.1 Å². The smallest absolute Gasteiger partial charge is 0.266 e. The largest absolute Gasteiger partial charge is 0.497 e. The van der Waals surface area contributed by atoms with Crippen molar-refractivity contribution in [3.05, 3.63) is 105 Å². The number of fused-ring (bicyclic) bond motifs is 1. The Morgan fingerprint density at radius 1 is 1.03 bits per heavy atom. The average Bonchev–Trinajstić information content (AvgIpc) is 2.87. The van der Waals surface area contributed by atoms with E-state index >= 15 is 0 Å². The lowest BCUT2D eigenvalue weighted by Gasteiger charge is -2.11. The SMILES string of the molecule is COc1ccc(NC(=O)/C(C#N)=C\c2ccc(OCc3cccc4ccccc34)c(I)c2)cc1. The van der Waals surface area contributed by atoms with Gasteiger partial charge in [0, 0.05) is 5.69 Å². The van der Waals surface area contributed by atoms with Gasteiger partial charge in [0.25, 0.3) is 5.91 Å². The van der Waals surface area contributed by atoms with Crippen LogP contribution in [0.1, 0.15) is 11.1 Å². The number of nitrogens with one attached hydrogen (secondary N) is 1. The summed E-state index contributed by atoms with van der Waals surface area (Å²) in [5.41, 5.74) is 2.44. The van der Waals surface area contributed by atoms with E-state index in [1.165, 1.54) is 10.8 Å². The third kappa shape index (κ3) is 5.56. The Labute approximate surface area is 211 Å². The van der Waals surface area contributed by atoms with E-state index in [1.807, 2.05) is 42.5 Å². The highest BCUT2D eigenvalue weighted by Crippen LogP contribution is 2.26. The molecule has 0 aliphatic carbocycles. The van der Waals surface area contributed by atoms with Crippen molar-refractivity contribution in [2.75, 3.05) is 12.4 Å². The molecule has 4 aromatic carbocycles. The van der Waals surface area contributed by atoms with Crippen molar-refractivity contribution >= 4 is 51.0 Å². The minimum Gasteiger partial charge on any atom is -0.497 e. The zero-order chi connectivity index (χ0) is 23.9. The fourth-order valence-electron chi connectivity index (χ4n) is 3.49. The summed E-state index contributed by atoms with van der Waals surface area (Å²) in [5.74, 6) is 0.956. The summed E-state index contributed by atoms with van der Waals surface area (Å²) in [5, 5.41) is 14.6. The third-order valence-corrected chi connectivity index (χ3v) is 6.09. The standard InChI is InChI=1S/C28H21IN2O3/c1-33-24-12-10-23(11-13-24)31-28(32)22(17-30)15-19-9-14-27(26(29)16-19)34-18-21-7-4-6-20-5-2-3-8-25(20)21/h2-16H,18H2,1H3,(H,31,32)/b22-15-. The zero-order valence-corrected chi connectivity index (χ0v) is 20.6. The summed E-state index contributed by atoms with van der Waals surface area (Å²) >= 11 is 2.20. The monoisotopic (exact) mass is 560 g/mol. The number of methoxy groups -OCH3 is 1. The number of hydrogen-bond donors (Lipinski definition) is 1. The molecular formula is C28H21IN2O3. The summed E-state index contributed by atoms with van der Waals surface area (Å²) in [6.07, 6.45) is 1.56. The summed E-state index contributed by atoms with van der Waals surface area (Å²) in [6, 6.07) is 28.9. The first-order chi connectivity index (χ1) is 16.6. The van der Waals surface area contributed by atoms with Gasteiger partial charge >= 0.3 is 0 Å². The summed E-state index contributed by atoms with van der Waals surface area (Å²) < 4.78 is 12.1. The molecule has 1 amide bonds. The molecular weight excluding hydrogens is 539 g/mol. The molecule has 0 spiro atoms. The average molecular weight is 560 g/mol. The predicted molar refractivity (Wildman–Crippen MR) is 143 cm³/mol. The third-order valence-electron chi connectivity index (χ3n) is 5.24. The highest BCUT2D eigenvalue weighted by Gasteiger charge is 2.11. The number of ether oxygens (including phenoxy) is 2. The van der Waals surface area contributed by atoms with E-state index < -0.39 is 5.91 Å². The van der Waals surface area contributed by atoms with Crippen molar-refractivity contribution in [1.29, 1.82) is 5.26 Å². The molecule has 0 aromatic heterocycles. The van der Waals surface area contributed by atoms with Gasteiger partial charge in [0.05, 0.1) is 10.7 Å². The van der Waals surface area contributed by atoms with Gasteiger partial charge in [-0.05, 0) is 87.0 Å². The first-order valence-corrected chi connectivity index (χ1v) is 11.6. The fraction of sp³-hybridized carbons (Fsp3) is 0.0714. The molecule has 0 heterocycles. The molecule has 4 aromatic rings. The van der Waals surface area contributed by atoms with Crippen LogP contribution in [0.3, 0.4) is 0 Å². The maximum Gasteiger partial charge on any atom is 0.266 e. The van der Waals surface area contributed by atoms with Crippen molar-refractivity contribution in [1.82, 2.24) is 0 Å². The van der Waals surface area contributed by atoms with E-state index in [0.717, 1.165) is 20.4 Å². The van der Waals surface area contributed by atoms with Gasteiger partial charge in [-0.2, -0.15) is 5.26 Å². The molecule has 168 valence electrons. The number of amides is 1. The van der Waals surface area contributed by atoms with Crippen molar-refractivity contribution < 1.29 is 14.3 Å². The molecule has 6 heteroatoms. The molecule has 0 saturated carbocycles. The topological polar surface area (TPSA) is 71.3 Å². The molecule has 0 saturated heterocycles. The number of halogens is 1. The van der Waals surface area contributed by atoms with Crippen LogP contribution in [-0.2, 0) is 11.4 Å². The first-order valence-electron chi connectivity index (χ1n) is 10.5. The van der Waals surface area contributed by atoms with E-state index in [-0.39, 0.29) is 5.57 Å². The van der Waals surface area contributed by atoms with Crippen LogP contribution in [0, 0.1) is 14.9 Å². The minimum atomic E-state index is -0.473. The maximum atomic E-state index is 12.6. The van der Waals surface area contributed by atoms with Crippen LogP contribution in [0.5, 0.6) is 11.5 Å². The van der Waals surface area contributed by atoms with Crippen molar-refractivity contribution in [2.45, 2.75) is 6.61 Å². The lowest BCUT2D eigenvalue weighted by molar-refractivity contribution is -0.112. The highest BCUT2D eigenvalue weighted by molar-refractivity contribution is 14.1. The van der Waals surface area contributed by atoms with E-state index in [1.54, 1.807) is 37.5 Å². The van der Waals surface area contributed by atoms with E-state index in [0.29, 0.717) is 18.0 Å². The molecule has 0 fully saturated rings. The number of rotatable bonds is 7. The predicted octanol–water partition coefficient (Wildman–Crippen LogP) is 6.58. The highest BCUT2D eigenvalue weighted by atomic mass is 127. The molecule has 5 nitrogen and oxygen atoms in total. The molecule has 0 aliphatic heterocycles. The number of carbonyl (C=O) groups is 1. The van der Waals surface area contributed by atoms with E-state index in [4.69, 9.17) is 9.47 Å². The van der Waals surface area contributed by atoms with Gasteiger partial charge in [-0.1, -0.05) is 48.5 Å². The quantitative estimate of drug-likeness (QED) is 0.158. The number of hydrogen-bond acceptors (Lipinski definition) is 4. The van der Waals surface area contributed by atoms with Crippen LogP contribution in [0.25, 0.3) is 16.8 Å². The summed E-state index contributed by atoms with van der Waals surface area (Å²) in [6.45, 7) is 0.445. The summed E-state index contributed by atoms with van der Waals surface area (Å²) in [7, 11) is 1.57. The Bertz CT molecular complexity index is 1400. The van der Waals surface area contributed by atoms with Crippen LogP contribution in [0.15, 0.2) is 90.5 Å². The Hall–Kier alpha value is -3.83. The number of nitrogens with zero attached hydrogens (tertiary/aromatic N) is 1. The van der Waals surface area contributed by atoms with Gasteiger partial charge < -0.3 is 14.8 Å². The van der Waals surface area contributed by atoms with Gasteiger partial charge in [-0.15, -0.1) is 0 Å². The Balaban J connectivity index is 1.46. The molecule has 4 rings (SSSR count). The van der Waals surface area contributed by atoms with Crippen LogP contribution in [0.2, 0.25) is 0 Å². The molecule has 0 bridgehead atoms. The second-order valence-electron chi connectivity index (χ2n) is 7.47. The van der Waals surface area contributed by atoms with Gasteiger partial charge in [0.2, 0.25) is 0 Å². The van der Waals surface area contributed by atoms with E-state index in [2.05, 4.69) is 52.2 Å². The molecule has 0 radical (unpaired) electrons. The second-order valence-corrected chi connectivity index (χ2v) is 8.63. The number of carbonyl (C=O) groups excluding carboxylic acids is 1. The van der Waals surface area contributed by atoms with Crippen LogP contribution >= 0.6 is 22.6 Å². The van der Waals surface area contributed by atoms with Gasteiger partial charge in [0.1, 0.15) is 29.7 Å². The first kappa shape index (κ1) is 23.3. The van der Waals surface area contributed by atoms with Crippen molar-refractivity contribution in [3.63, 3.8) is 0 Å². The van der Waals surface area contributed by atoms with Crippen LogP contribution < -0.4 is 14.8 Å². The molecule has 1 N–H and O–H groups in total. The van der Waals surface area contributed by atoms with Gasteiger partial charge in [-0.25, -0.2) is 0 Å². The Kier molecular flexibility index (Phi) is 7.45. The molecule has 0 aliphatic rings. The zero-order valence-electron chi connectivity index (χ0n) is 18.4. The van der Waals surface area contributed by atoms with Crippen LogP contribution in [-0.4, -0.2) is 13.0 Å². The van der Waals surface area contributed by atoms with Gasteiger partial charge in [-0.3, -0.25) is 4.79 Å². The fourth-order valence-corrected chi connectivity index (χ4v) is 4.18. The molecule has 0 atom stereocenters. The minimum absolute atomic E-state index is 0.0102. The summed E-state index contributed by atoms with van der Waals surface area (Å²) in [4.78, 5) is 12.6. The van der Waals surface area contributed by atoms with Gasteiger partial charge in [0.15, 0.2) is 0 Å². The molecule has 0 unspecified atom stereocenters. The Morgan fingerprint density at radius 2 is 1.79 bits per heavy atom. The molecule has 34 heavy (non-hydrogen) atoms. The number of benzene rings is 4. The van der Waals surface area contributed by atoms with Crippen LogP contribution in [0.4, 0.5) is 5.69 Å². The van der Waals surface area contributed by atoms with Crippen molar-refractivity contribution in [2.24, 2.45) is 0 Å². The number of nitriles is 1. The number of anilines is 1.